The summed E-state index contributed by atoms with van der Waals surface area (Å²) in [5.41, 5.74) is 2.28. The first kappa shape index (κ1) is 21.2. The zero-order valence-corrected chi connectivity index (χ0v) is 15.2. The average molecular weight is 374 g/mol. The summed E-state index contributed by atoms with van der Waals surface area (Å²) >= 11 is 6.21. The average Bonchev–Trinajstić information content (AvgIpc) is 2.54. The molecular weight excluding hydrogens is 350 g/mol. The monoisotopic (exact) mass is 373 g/mol. The number of halogens is 1. The van der Waals surface area contributed by atoms with Crippen LogP contribution in [-0.4, -0.2) is 66.5 Å². The van der Waals surface area contributed by atoms with Gasteiger partial charge in [0.05, 0.1) is 24.8 Å². The Kier molecular flexibility index (Phi) is 9.26. The predicted molar refractivity (Wildman–Crippen MR) is 93.6 cm³/mol. The van der Waals surface area contributed by atoms with Gasteiger partial charge in [0.1, 0.15) is 5.75 Å². The number of ether oxygens (including phenoxy) is 2. The van der Waals surface area contributed by atoms with Crippen molar-refractivity contribution in [1.29, 1.82) is 0 Å². The zero-order valence-electron chi connectivity index (χ0n) is 14.5. The Morgan fingerprint density at radius 2 is 1.80 bits per heavy atom. The van der Waals surface area contributed by atoms with Crippen LogP contribution >= 0.6 is 11.6 Å². The van der Waals surface area contributed by atoms with Gasteiger partial charge in [-0.05, 0) is 37.5 Å². The summed E-state index contributed by atoms with van der Waals surface area (Å²) in [6.07, 6.45) is 1.02. The first-order valence-corrected chi connectivity index (χ1v) is 8.35. The quantitative estimate of drug-likeness (QED) is 0.603. The molecule has 0 bridgehead atoms. The Bertz CT molecular complexity index is 551. The fraction of sp³-hybridized carbons (Fsp3) is 0.529. The van der Waals surface area contributed by atoms with E-state index >= 15 is 0 Å². The van der Waals surface area contributed by atoms with Crippen molar-refractivity contribution in [3.8, 4) is 5.75 Å². The number of aliphatic carboxylic acids is 2. The Labute approximate surface area is 152 Å². The summed E-state index contributed by atoms with van der Waals surface area (Å²) < 4.78 is 11.2. The summed E-state index contributed by atoms with van der Waals surface area (Å²) in [4.78, 5) is 20.6. The van der Waals surface area contributed by atoms with Gasteiger partial charge in [-0.1, -0.05) is 17.7 Å². The van der Waals surface area contributed by atoms with Crippen molar-refractivity contribution in [3.63, 3.8) is 0 Å². The molecule has 1 fully saturated rings. The molecular formula is C17H24ClNO6. The number of nitrogens with zero attached hydrogens (tertiary/aromatic N) is 1. The van der Waals surface area contributed by atoms with Crippen molar-refractivity contribution in [2.45, 2.75) is 20.3 Å². The minimum Gasteiger partial charge on any atom is -0.492 e. The van der Waals surface area contributed by atoms with Gasteiger partial charge in [-0.3, -0.25) is 4.90 Å². The third-order valence-electron chi connectivity index (χ3n) is 3.53. The number of carboxylic acids is 2. The van der Waals surface area contributed by atoms with Crippen molar-refractivity contribution >= 4 is 23.5 Å². The van der Waals surface area contributed by atoms with E-state index in [-0.39, 0.29) is 0 Å². The van der Waals surface area contributed by atoms with E-state index in [9.17, 15) is 0 Å². The fourth-order valence-corrected chi connectivity index (χ4v) is 2.75. The molecule has 2 N–H and O–H groups in total. The molecule has 25 heavy (non-hydrogen) atoms. The fourth-order valence-electron chi connectivity index (χ4n) is 2.37. The Balaban J connectivity index is 0.000000450. The van der Waals surface area contributed by atoms with Crippen LogP contribution in [0.4, 0.5) is 0 Å². The molecule has 1 aliphatic heterocycles. The van der Waals surface area contributed by atoms with Crippen LogP contribution in [0.1, 0.15) is 17.5 Å². The molecule has 2 rings (SSSR count). The Morgan fingerprint density at radius 1 is 1.20 bits per heavy atom. The molecule has 1 aromatic rings. The van der Waals surface area contributed by atoms with Gasteiger partial charge >= 0.3 is 11.9 Å². The molecule has 1 saturated heterocycles. The first-order valence-electron chi connectivity index (χ1n) is 7.97. The molecule has 8 heteroatoms. The smallest absolute Gasteiger partial charge is 0.414 e. The molecule has 0 radical (unpaired) electrons. The largest absolute Gasteiger partial charge is 0.492 e. The van der Waals surface area contributed by atoms with Crippen LogP contribution in [0.25, 0.3) is 0 Å². The number of hydrogen-bond acceptors (Lipinski definition) is 5. The lowest BCUT2D eigenvalue weighted by Crippen LogP contribution is -2.37. The van der Waals surface area contributed by atoms with Gasteiger partial charge in [0.15, 0.2) is 0 Å². The van der Waals surface area contributed by atoms with Crippen molar-refractivity contribution < 1.29 is 29.3 Å². The molecule has 0 spiro atoms. The number of morpholine rings is 1. The van der Waals surface area contributed by atoms with Gasteiger partial charge in [-0.2, -0.15) is 0 Å². The van der Waals surface area contributed by atoms with Gasteiger partial charge in [-0.25, -0.2) is 9.59 Å². The molecule has 1 aromatic carbocycles. The molecule has 0 amide bonds. The second-order valence-electron chi connectivity index (χ2n) is 5.66. The maximum Gasteiger partial charge on any atom is 0.414 e. The van der Waals surface area contributed by atoms with E-state index < -0.39 is 11.9 Å². The minimum atomic E-state index is -1.82. The molecule has 7 nitrogen and oxygen atoms in total. The molecule has 0 atom stereocenters. The molecule has 1 heterocycles. The Morgan fingerprint density at radius 3 is 2.32 bits per heavy atom. The lowest BCUT2D eigenvalue weighted by Gasteiger charge is -2.26. The van der Waals surface area contributed by atoms with Crippen LogP contribution in [0, 0.1) is 13.8 Å². The number of aryl methyl sites for hydroxylation is 2. The van der Waals surface area contributed by atoms with Crippen LogP contribution in [0.15, 0.2) is 12.1 Å². The number of carbonyl (C=O) groups is 2. The minimum absolute atomic E-state index is 0.709. The van der Waals surface area contributed by atoms with E-state index in [4.69, 9.17) is 40.9 Å². The highest BCUT2D eigenvalue weighted by Gasteiger charge is 2.10. The lowest BCUT2D eigenvalue weighted by atomic mass is 10.1. The van der Waals surface area contributed by atoms with Gasteiger partial charge in [0.2, 0.25) is 0 Å². The second kappa shape index (κ2) is 10.9. The number of benzene rings is 1. The molecule has 0 aromatic heterocycles. The van der Waals surface area contributed by atoms with Crippen molar-refractivity contribution in [3.05, 3.63) is 28.3 Å². The second-order valence-corrected chi connectivity index (χ2v) is 6.07. The summed E-state index contributed by atoms with van der Waals surface area (Å²) in [5.74, 6) is -2.82. The normalized spacial score (nSPS) is 14.4. The van der Waals surface area contributed by atoms with Crippen molar-refractivity contribution in [2.75, 3.05) is 39.5 Å². The van der Waals surface area contributed by atoms with E-state index in [0.29, 0.717) is 11.6 Å². The standard InChI is InChI=1S/C15H22ClNO2.C2H2O4/c1-12-10-13(2)15(14(16)11-12)19-7-3-4-17-5-8-18-9-6-17;3-1(4)2(5)6/h10-11H,3-9H2,1-2H3;(H,3,4)(H,5,6). The van der Waals surface area contributed by atoms with Crippen LogP contribution in [0.5, 0.6) is 5.75 Å². The molecule has 0 unspecified atom stereocenters. The van der Waals surface area contributed by atoms with Gasteiger partial charge in [-0.15, -0.1) is 0 Å². The third kappa shape index (κ3) is 8.20. The van der Waals surface area contributed by atoms with Crippen LogP contribution in [0.2, 0.25) is 5.02 Å². The van der Waals surface area contributed by atoms with E-state index in [2.05, 4.69) is 11.0 Å². The Hall–Kier alpha value is -1.83. The van der Waals surface area contributed by atoms with E-state index in [0.717, 1.165) is 50.6 Å². The SMILES string of the molecule is Cc1cc(C)c(OCCCN2CCOCC2)c(Cl)c1.O=C(O)C(=O)O. The van der Waals surface area contributed by atoms with Crippen molar-refractivity contribution in [1.82, 2.24) is 4.90 Å². The summed E-state index contributed by atoms with van der Waals surface area (Å²) in [7, 11) is 0. The maximum absolute atomic E-state index is 9.10. The third-order valence-corrected chi connectivity index (χ3v) is 3.81. The highest BCUT2D eigenvalue weighted by molar-refractivity contribution is 6.32. The van der Waals surface area contributed by atoms with Crippen LogP contribution < -0.4 is 4.74 Å². The highest BCUT2D eigenvalue weighted by Crippen LogP contribution is 2.29. The van der Waals surface area contributed by atoms with E-state index in [1.54, 1.807) is 0 Å². The molecule has 0 saturated carbocycles. The van der Waals surface area contributed by atoms with Crippen molar-refractivity contribution in [2.24, 2.45) is 0 Å². The zero-order chi connectivity index (χ0) is 18.8. The van der Waals surface area contributed by atoms with Gasteiger partial charge < -0.3 is 19.7 Å². The molecule has 140 valence electrons. The maximum atomic E-state index is 9.10. The van der Waals surface area contributed by atoms with Gasteiger partial charge in [0, 0.05) is 19.6 Å². The number of hydrogen-bond donors (Lipinski definition) is 2. The number of rotatable bonds is 5. The van der Waals surface area contributed by atoms with Gasteiger partial charge in [0.25, 0.3) is 0 Å². The highest BCUT2D eigenvalue weighted by atomic mass is 35.5. The summed E-state index contributed by atoms with van der Waals surface area (Å²) in [6.45, 7) is 9.62. The molecule has 0 aliphatic carbocycles. The van der Waals surface area contributed by atoms with Crippen LogP contribution in [-0.2, 0) is 14.3 Å². The topological polar surface area (TPSA) is 96.3 Å². The lowest BCUT2D eigenvalue weighted by molar-refractivity contribution is -0.159. The summed E-state index contributed by atoms with van der Waals surface area (Å²) in [5, 5.41) is 15.5. The molecule has 1 aliphatic rings. The first-order chi connectivity index (χ1) is 11.8. The predicted octanol–water partition coefficient (Wildman–Crippen LogP) is 2.21. The van der Waals surface area contributed by atoms with E-state index in [1.165, 1.54) is 5.56 Å². The van der Waals surface area contributed by atoms with Crippen LogP contribution in [0.3, 0.4) is 0 Å². The number of carboxylic acid groups (broad SMARTS) is 2. The van der Waals surface area contributed by atoms with E-state index in [1.807, 2.05) is 19.9 Å². The summed E-state index contributed by atoms with van der Waals surface area (Å²) in [6, 6.07) is 4.05.